The quantitative estimate of drug-likeness (QED) is 0.488. The Morgan fingerprint density at radius 1 is 1.71 bits per heavy atom. The van der Waals surface area contributed by atoms with E-state index in [4.69, 9.17) is 9.68 Å². The van der Waals surface area contributed by atoms with Crippen molar-refractivity contribution >= 4 is 17.7 Å². The van der Waals surface area contributed by atoms with Crippen molar-refractivity contribution in [1.29, 1.82) is 5.26 Å². The minimum atomic E-state index is -0.649. The van der Waals surface area contributed by atoms with Gasteiger partial charge in [0, 0.05) is 0 Å². The van der Waals surface area contributed by atoms with Crippen molar-refractivity contribution in [3.63, 3.8) is 0 Å². The van der Waals surface area contributed by atoms with E-state index in [-0.39, 0.29) is 5.57 Å². The first-order chi connectivity index (χ1) is 8.22. The lowest BCUT2D eigenvalue weighted by Gasteiger charge is -2.08. The number of rotatable bonds is 5. The van der Waals surface area contributed by atoms with Crippen LogP contribution in [0.3, 0.4) is 0 Å². The SMILES string of the molecule is COC(=O)/C(C#N)=C(\NCc1ccco1)SC. The molecule has 5 nitrogen and oxygen atoms in total. The van der Waals surface area contributed by atoms with Crippen molar-refractivity contribution in [2.45, 2.75) is 6.54 Å². The Balaban J connectivity index is 2.79. The van der Waals surface area contributed by atoms with Crippen molar-refractivity contribution in [1.82, 2.24) is 5.32 Å². The molecule has 0 aliphatic carbocycles. The summed E-state index contributed by atoms with van der Waals surface area (Å²) in [7, 11) is 1.24. The van der Waals surface area contributed by atoms with Gasteiger partial charge in [0.05, 0.1) is 24.9 Å². The first-order valence-corrected chi connectivity index (χ1v) is 5.98. The minimum Gasteiger partial charge on any atom is -0.467 e. The van der Waals surface area contributed by atoms with Crippen LogP contribution in [0, 0.1) is 11.3 Å². The van der Waals surface area contributed by atoms with Crippen LogP contribution in [0.1, 0.15) is 5.76 Å². The lowest BCUT2D eigenvalue weighted by atomic mass is 10.3. The summed E-state index contributed by atoms with van der Waals surface area (Å²) in [5.74, 6) is 0.0718. The molecule has 0 aliphatic rings. The number of nitrogens with zero attached hydrogens (tertiary/aromatic N) is 1. The van der Waals surface area contributed by atoms with Crippen LogP contribution >= 0.6 is 11.8 Å². The first-order valence-electron chi connectivity index (χ1n) is 4.75. The van der Waals surface area contributed by atoms with Gasteiger partial charge in [0.15, 0.2) is 5.57 Å². The lowest BCUT2D eigenvalue weighted by Crippen LogP contribution is -2.16. The minimum absolute atomic E-state index is 0.0356. The molecule has 0 unspecified atom stereocenters. The highest BCUT2D eigenvalue weighted by molar-refractivity contribution is 8.02. The van der Waals surface area contributed by atoms with Crippen LogP contribution in [0.15, 0.2) is 33.4 Å². The van der Waals surface area contributed by atoms with Crippen LogP contribution in [0.25, 0.3) is 0 Å². The number of carbonyl (C=O) groups excluding carboxylic acids is 1. The molecular weight excluding hydrogens is 240 g/mol. The Bertz CT molecular complexity index is 446. The lowest BCUT2D eigenvalue weighted by molar-refractivity contribution is -0.135. The van der Waals surface area contributed by atoms with Gasteiger partial charge in [-0.25, -0.2) is 4.79 Å². The molecule has 1 aromatic heterocycles. The standard InChI is InChI=1S/C11H12N2O3S/c1-15-11(14)9(6-12)10(17-2)13-7-8-4-3-5-16-8/h3-5,13H,7H2,1-2H3/b10-9+. The maximum Gasteiger partial charge on any atom is 0.351 e. The molecule has 0 amide bonds. The van der Waals surface area contributed by atoms with Gasteiger partial charge in [0.2, 0.25) is 0 Å². The average Bonchev–Trinajstić information content (AvgIpc) is 2.86. The molecule has 0 saturated carbocycles. The predicted octanol–water partition coefficient (Wildman–Crippen LogP) is 1.64. The van der Waals surface area contributed by atoms with E-state index in [1.165, 1.54) is 18.9 Å². The second-order valence-electron chi connectivity index (χ2n) is 2.94. The van der Waals surface area contributed by atoms with Gasteiger partial charge in [0.25, 0.3) is 0 Å². The van der Waals surface area contributed by atoms with E-state index < -0.39 is 5.97 Å². The fourth-order valence-electron chi connectivity index (χ4n) is 1.13. The highest BCUT2D eigenvalue weighted by Gasteiger charge is 2.15. The molecule has 1 aromatic rings. The Morgan fingerprint density at radius 3 is 2.94 bits per heavy atom. The maximum atomic E-state index is 11.3. The second kappa shape index (κ2) is 6.66. The topological polar surface area (TPSA) is 75.3 Å². The number of hydrogen-bond donors (Lipinski definition) is 1. The van der Waals surface area contributed by atoms with Gasteiger partial charge in [-0.05, 0) is 18.4 Å². The van der Waals surface area contributed by atoms with E-state index in [0.717, 1.165) is 5.76 Å². The molecule has 0 radical (unpaired) electrons. The number of nitrogens with one attached hydrogen (secondary N) is 1. The van der Waals surface area contributed by atoms with Crippen molar-refractivity contribution in [2.24, 2.45) is 0 Å². The zero-order chi connectivity index (χ0) is 12.7. The average molecular weight is 252 g/mol. The first kappa shape index (κ1) is 13.2. The number of nitriles is 1. The zero-order valence-corrected chi connectivity index (χ0v) is 10.3. The van der Waals surface area contributed by atoms with Gasteiger partial charge in [0.1, 0.15) is 11.8 Å². The van der Waals surface area contributed by atoms with E-state index in [1.807, 2.05) is 6.07 Å². The highest BCUT2D eigenvalue weighted by atomic mass is 32.2. The Kier molecular flexibility index (Phi) is 5.17. The summed E-state index contributed by atoms with van der Waals surface area (Å²) in [5.41, 5.74) is -0.0356. The normalized spacial score (nSPS) is 11.4. The molecule has 0 aliphatic heterocycles. The largest absolute Gasteiger partial charge is 0.467 e. The summed E-state index contributed by atoms with van der Waals surface area (Å²) < 4.78 is 9.66. The van der Waals surface area contributed by atoms with Crippen molar-refractivity contribution < 1.29 is 13.9 Å². The molecule has 0 atom stereocenters. The molecule has 6 heteroatoms. The summed E-state index contributed by atoms with van der Waals surface area (Å²) in [6, 6.07) is 5.39. The fraction of sp³-hybridized carbons (Fsp3) is 0.273. The van der Waals surface area contributed by atoms with Gasteiger partial charge < -0.3 is 14.5 Å². The number of thioether (sulfide) groups is 1. The van der Waals surface area contributed by atoms with Crippen molar-refractivity contribution in [3.05, 3.63) is 34.8 Å². The number of carbonyl (C=O) groups is 1. The molecule has 0 aromatic carbocycles. The van der Waals surface area contributed by atoms with Crippen LogP contribution in [0.4, 0.5) is 0 Å². The van der Waals surface area contributed by atoms with Gasteiger partial charge in [-0.1, -0.05) is 0 Å². The Hall–Kier alpha value is -1.87. The Morgan fingerprint density at radius 2 is 2.47 bits per heavy atom. The van der Waals surface area contributed by atoms with Crippen LogP contribution in [-0.4, -0.2) is 19.3 Å². The zero-order valence-electron chi connectivity index (χ0n) is 9.52. The van der Waals surface area contributed by atoms with Crippen molar-refractivity contribution in [2.75, 3.05) is 13.4 Å². The number of furan rings is 1. The fourth-order valence-corrected chi connectivity index (χ4v) is 1.68. The molecule has 1 rings (SSSR count). The summed E-state index contributed by atoms with van der Waals surface area (Å²) in [5, 5.41) is 12.3. The summed E-state index contributed by atoms with van der Waals surface area (Å²) in [6.07, 6.45) is 3.33. The molecule has 1 heterocycles. The third kappa shape index (κ3) is 3.57. The number of methoxy groups -OCH3 is 1. The maximum absolute atomic E-state index is 11.3. The molecule has 0 saturated heterocycles. The number of esters is 1. The van der Waals surface area contributed by atoms with E-state index in [9.17, 15) is 4.79 Å². The van der Waals surface area contributed by atoms with Gasteiger partial charge in [-0.2, -0.15) is 5.26 Å². The third-order valence-electron chi connectivity index (χ3n) is 1.94. The monoisotopic (exact) mass is 252 g/mol. The molecular formula is C11H12N2O3S. The smallest absolute Gasteiger partial charge is 0.351 e. The highest BCUT2D eigenvalue weighted by Crippen LogP contribution is 2.15. The summed E-state index contributed by atoms with van der Waals surface area (Å²) >= 11 is 1.27. The van der Waals surface area contributed by atoms with Crippen LogP contribution in [0.2, 0.25) is 0 Å². The molecule has 90 valence electrons. The predicted molar refractivity (Wildman–Crippen MR) is 63.7 cm³/mol. The van der Waals surface area contributed by atoms with Gasteiger partial charge >= 0.3 is 5.97 Å². The molecule has 1 N–H and O–H groups in total. The van der Waals surface area contributed by atoms with Crippen molar-refractivity contribution in [3.8, 4) is 6.07 Å². The Labute approximate surface area is 103 Å². The van der Waals surface area contributed by atoms with E-state index in [1.54, 1.807) is 24.7 Å². The second-order valence-corrected chi connectivity index (χ2v) is 3.76. The molecule has 17 heavy (non-hydrogen) atoms. The molecule has 0 fully saturated rings. The summed E-state index contributed by atoms with van der Waals surface area (Å²) in [4.78, 5) is 11.3. The number of ether oxygens (including phenoxy) is 1. The third-order valence-corrected chi connectivity index (χ3v) is 2.69. The molecule has 0 bridgehead atoms. The van der Waals surface area contributed by atoms with Crippen LogP contribution < -0.4 is 5.32 Å². The van der Waals surface area contributed by atoms with Gasteiger partial charge in [-0.15, -0.1) is 11.8 Å². The van der Waals surface area contributed by atoms with E-state index in [0.29, 0.717) is 11.6 Å². The van der Waals surface area contributed by atoms with Gasteiger partial charge in [-0.3, -0.25) is 0 Å². The van der Waals surface area contributed by atoms with E-state index in [2.05, 4.69) is 10.1 Å². The number of hydrogen-bond acceptors (Lipinski definition) is 6. The van der Waals surface area contributed by atoms with Crippen LogP contribution in [0.5, 0.6) is 0 Å². The summed E-state index contributed by atoms with van der Waals surface area (Å²) in [6.45, 7) is 0.408. The van der Waals surface area contributed by atoms with Crippen LogP contribution in [-0.2, 0) is 16.1 Å². The molecule has 0 spiro atoms. The van der Waals surface area contributed by atoms with E-state index >= 15 is 0 Å².